The fourth-order valence-electron chi connectivity index (χ4n) is 2.36. The Hall–Kier alpha value is -1.53. The second-order valence-corrected chi connectivity index (χ2v) is 7.11. The van der Waals surface area contributed by atoms with Crippen LogP contribution in [0.15, 0.2) is 53.7 Å². The summed E-state index contributed by atoms with van der Waals surface area (Å²) in [5.41, 5.74) is 2.12. The van der Waals surface area contributed by atoms with E-state index in [0.717, 1.165) is 27.9 Å². The van der Waals surface area contributed by atoms with Crippen LogP contribution in [0, 0.1) is 0 Å². The summed E-state index contributed by atoms with van der Waals surface area (Å²) in [6, 6.07) is 15.7. The van der Waals surface area contributed by atoms with Crippen molar-refractivity contribution < 1.29 is 4.74 Å². The van der Waals surface area contributed by atoms with E-state index < -0.39 is 0 Å². The van der Waals surface area contributed by atoms with Crippen molar-refractivity contribution in [3.05, 3.63) is 64.1 Å². The van der Waals surface area contributed by atoms with Gasteiger partial charge in [0.1, 0.15) is 0 Å². The van der Waals surface area contributed by atoms with Crippen molar-refractivity contribution in [2.75, 3.05) is 13.7 Å². The maximum absolute atomic E-state index is 6.09. The van der Waals surface area contributed by atoms with E-state index in [1.165, 1.54) is 0 Å². The molecule has 0 radical (unpaired) electrons. The van der Waals surface area contributed by atoms with Gasteiger partial charge >= 0.3 is 0 Å². The van der Waals surface area contributed by atoms with E-state index in [1.54, 1.807) is 18.9 Å². The average Bonchev–Trinajstić information content (AvgIpc) is 3.04. The first kappa shape index (κ1) is 18.3. The molecule has 0 aliphatic carbocycles. The normalized spacial score (nSPS) is 11.0. The highest BCUT2D eigenvalue weighted by molar-refractivity contribution is 7.98. The fourth-order valence-corrected chi connectivity index (χ4v) is 3.59. The molecule has 3 rings (SSSR count). The maximum Gasteiger partial charge on any atom is 0.191 e. The SMILES string of the molecule is COCCn1c(SCc2ccc(Cl)c(Cl)c2)nnc1-c1ccccc1. The van der Waals surface area contributed by atoms with E-state index in [-0.39, 0.29) is 0 Å². The van der Waals surface area contributed by atoms with Crippen molar-refractivity contribution in [3.63, 3.8) is 0 Å². The third kappa shape index (κ3) is 4.55. The van der Waals surface area contributed by atoms with Gasteiger partial charge in [-0.1, -0.05) is 71.4 Å². The number of rotatable bonds is 7. The third-order valence-corrected chi connectivity index (χ3v) is 5.40. The second-order valence-electron chi connectivity index (χ2n) is 5.35. The Labute approximate surface area is 161 Å². The number of hydrogen-bond acceptors (Lipinski definition) is 4. The molecule has 0 unspecified atom stereocenters. The Morgan fingerprint density at radius 1 is 1.04 bits per heavy atom. The van der Waals surface area contributed by atoms with Crippen LogP contribution in [0.3, 0.4) is 0 Å². The lowest BCUT2D eigenvalue weighted by Gasteiger charge is -2.10. The van der Waals surface area contributed by atoms with Gasteiger partial charge in [0, 0.05) is 18.4 Å². The van der Waals surface area contributed by atoms with Crippen molar-refractivity contribution in [1.82, 2.24) is 14.8 Å². The minimum Gasteiger partial charge on any atom is -0.383 e. The number of thioether (sulfide) groups is 1. The van der Waals surface area contributed by atoms with Gasteiger partial charge in [0.25, 0.3) is 0 Å². The first-order valence-corrected chi connectivity index (χ1v) is 9.47. The van der Waals surface area contributed by atoms with Crippen molar-refractivity contribution in [3.8, 4) is 11.4 Å². The molecule has 0 saturated heterocycles. The molecule has 0 atom stereocenters. The third-order valence-electron chi connectivity index (χ3n) is 3.62. The lowest BCUT2D eigenvalue weighted by Crippen LogP contribution is -2.07. The molecule has 0 amide bonds. The second kappa shape index (κ2) is 8.72. The molecule has 0 aliphatic rings. The van der Waals surface area contributed by atoms with E-state index in [9.17, 15) is 0 Å². The molecule has 7 heteroatoms. The fraction of sp³-hybridized carbons (Fsp3) is 0.222. The van der Waals surface area contributed by atoms with Gasteiger partial charge in [-0.2, -0.15) is 0 Å². The summed E-state index contributed by atoms with van der Waals surface area (Å²) in [6.45, 7) is 1.29. The summed E-state index contributed by atoms with van der Waals surface area (Å²) in [7, 11) is 1.69. The van der Waals surface area contributed by atoms with Crippen LogP contribution in [0.1, 0.15) is 5.56 Å². The lowest BCUT2D eigenvalue weighted by molar-refractivity contribution is 0.185. The zero-order valence-corrected chi connectivity index (χ0v) is 16.0. The molecule has 1 aromatic heterocycles. The molecule has 1 heterocycles. The van der Waals surface area contributed by atoms with Crippen LogP contribution in [0.4, 0.5) is 0 Å². The lowest BCUT2D eigenvalue weighted by atomic mass is 10.2. The van der Waals surface area contributed by atoms with Gasteiger partial charge in [-0.3, -0.25) is 4.57 Å². The maximum atomic E-state index is 6.09. The number of ether oxygens (including phenoxy) is 1. The van der Waals surface area contributed by atoms with Gasteiger partial charge < -0.3 is 4.74 Å². The quantitative estimate of drug-likeness (QED) is 0.517. The van der Waals surface area contributed by atoms with Crippen LogP contribution in [0.25, 0.3) is 11.4 Å². The van der Waals surface area contributed by atoms with Crippen LogP contribution in [-0.4, -0.2) is 28.5 Å². The van der Waals surface area contributed by atoms with Crippen molar-refractivity contribution in [1.29, 1.82) is 0 Å². The smallest absolute Gasteiger partial charge is 0.191 e. The minimum absolute atomic E-state index is 0.560. The van der Waals surface area contributed by atoms with Gasteiger partial charge in [-0.05, 0) is 17.7 Å². The summed E-state index contributed by atoms with van der Waals surface area (Å²) in [4.78, 5) is 0. The molecule has 0 N–H and O–H groups in total. The Bertz CT molecular complexity index is 840. The van der Waals surface area contributed by atoms with Crippen LogP contribution in [0.5, 0.6) is 0 Å². The molecule has 4 nitrogen and oxygen atoms in total. The zero-order valence-electron chi connectivity index (χ0n) is 13.7. The van der Waals surface area contributed by atoms with Crippen LogP contribution >= 0.6 is 35.0 Å². The van der Waals surface area contributed by atoms with Gasteiger partial charge in [0.15, 0.2) is 11.0 Å². The highest BCUT2D eigenvalue weighted by atomic mass is 35.5. The Kier molecular flexibility index (Phi) is 6.37. The molecule has 0 bridgehead atoms. The zero-order chi connectivity index (χ0) is 17.6. The molecule has 0 aliphatic heterocycles. The predicted molar refractivity (Wildman–Crippen MR) is 103 cm³/mol. The Morgan fingerprint density at radius 3 is 2.56 bits per heavy atom. The summed E-state index contributed by atoms with van der Waals surface area (Å²) in [5.74, 6) is 1.57. The largest absolute Gasteiger partial charge is 0.383 e. The van der Waals surface area contributed by atoms with E-state index in [0.29, 0.717) is 23.2 Å². The van der Waals surface area contributed by atoms with E-state index in [4.69, 9.17) is 27.9 Å². The molecule has 0 saturated carbocycles. The molecular formula is C18H17Cl2N3OS. The van der Waals surface area contributed by atoms with Crippen LogP contribution in [-0.2, 0) is 17.0 Å². The minimum atomic E-state index is 0.560. The first-order valence-electron chi connectivity index (χ1n) is 7.73. The van der Waals surface area contributed by atoms with Crippen molar-refractivity contribution in [2.45, 2.75) is 17.5 Å². The molecule has 25 heavy (non-hydrogen) atoms. The Morgan fingerprint density at radius 2 is 1.84 bits per heavy atom. The standard InChI is InChI=1S/C18H17Cl2N3OS/c1-24-10-9-23-17(14-5-3-2-4-6-14)21-22-18(23)25-12-13-7-8-15(19)16(20)11-13/h2-8,11H,9-10,12H2,1H3. The number of aromatic nitrogens is 3. The number of halogens is 2. The molecule has 0 fully saturated rings. The first-order chi connectivity index (χ1) is 12.2. The number of methoxy groups -OCH3 is 1. The van der Waals surface area contributed by atoms with Crippen LogP contribution in [0.2, 0.25) is 10.0 Å². The van der Waals surface area contributed by atoms with E-state index in [2.05, 4.69) is 14.8 Å². The monoisotopic (exact) mass is 393 g/mol. The molecule has 0 spiro atoms. The predicted octanol–water partition coefficient (Wildman–Crippen LogP) is 5.19. The molecule has 130 valence electrons. The highest BCUT2D eigenvalue weighted by Gasteiger charge is 2.14. The van der Waals surface area contributed by atoms with Gasteiger partial charge in [-0.25, -0.2) is 0 Å². The van der Waals surface area contributed by atoms with Crippen molar-refractivity contribution >= 4 is 35.0 Å². The molecule has 3 aromatic rings. The number of hydrogen-bond donors (Lipinski definition) is 0. The summed E-state index contributed by atoms with van der Waals surface area (Å²) in [6.07, 6.45) is 0. The van der Waals surface area contributed by atoms with E-state index in [1.807, 2.05) is 48.5 Å². The average molecular weight is 394 g/mol. The summed E-state index contributed by atoms with van der Waals surface area (Å²) in [5, 5.41) is 10.7. The number of benzene rings is 2. The summed E-state index contributed by atoms with van der Waals surface area (Å²) < 4.78 is 7.32. The van der Waals surface area contributed by atoms with Crippen molar-refractivity contribution in [2.24, 2.45) is 0 Å². The number of nitrogens with zero attached hydrogens (tertiary/aromatic N) is 3. The molecular weight excluding hydrogens is 377 g/mol. The summed E-state index contributed by atoms with van der Waals surface area (Å²) >= 11 is 13.7. The van der Waals surface area contributed by atoms with Gasteiger partial charge in [0.2, 0.25) is 0 Å². The topological polar surface area (TPSA) is 39.9 Å². The van der Waals surface area contributed by atoms with Gasteiger partial charge in [-0.15, -0.1) is 10.2 Å². The highest BCUT2D eigenvalue weighted by Crippen LogP contribution is 2.29. The van der Waals surface area contributed by atoms with Gasteiger partial charge in [0.05, 0.1) is 23.2 Å². The molecule has 2 aromatic carbocycles. The Balaban J connectivity index is 1.82. The van der Waals surface area contributed by atoms with Crippen LogP contribution < -0.4 is 0 Å². The van der Waals surface area contributed by atoms with E-state index >= 15 is 0 Å².